The Hall–Kier alpha value is -3.48. The zero-order valence-electron chi connectivity index (χ0n) is 22.3. The van der Waals surface area contributed by atoms with Gasteiger partial charge in [0, 0.05) is 12.6 Å². The number of halogens is 3. The Morgan fingerprint density at radius 1 is 0.925 bits per heavy atom. The Labute approximate surface area is 231 Å². The van der Waals surface area contributed by atoms with Gasteiger partial charge in [-0.15, -0.1) is 0 Å². The van der Waals surface area contributed by atoms with E-state index >= 15 is 0 Å². The Bertz CT molecular complexity index is 1380. The zero-order valence-corrected chi connectivity index (χ0v) is 23.1. The van der Waals surface area contributed by atoms with Crippen LogP contribution in [0.4, 0.5) is 18.9 Å². The highest BCUT2D eigenvalue weighted by Crippen LogP contribution is 2.33. The van der Waals surface area contributed by atoms with Gasteiger partial charge in [0.25, 0.3) is 0 Å². The first kappa shape index (κ1) is 31.1. The molecule has 218 valence electrons. The molecular formula is C28H33F3N2O6S. The van der Waals surface area contributed by atoms with Crippen molar-refractivity contribution >= 4 is 15.7 Å². The number of phenols is 1. The summed E-state index contributed by atoms with van der Waals surface area (Å²) in [6.07, 6.45) is -3.16. The lowest BCUT2D eigenvalue weighted by atomic mass is 9.97. The number of sulfonamides is 1. The van der Waals surface area contributed by atoms with Crippen molar-refractivity contribution < 1.29 is 41.3 Å². The second-order valence-corrected chi connectivity index (χ2v) is 11.1. The first-order chi connectivity index (χ1) is 18.8. The molecule has 0 saturated heterocycles. The summed E-state index contributed by atoms with van der Waals surface area (Å²) in [6.45, 7) is 0.155. The van der Waals surface area contributed by atoms with Gasteiger partial charge in [0.2, 0.25) is 10.0 Å². The number of hydrogen-bond donors (Lipinski definition) is 4. The van der Waals surface area contributed by atoms with Crippen LogP contribution in [0.25, 0.3) is 0 Å². The van der Waals surface area contributed by atoms with Gasteiger partial charge in [0.05, 0.1) is 37.8 Å². The average Bonchev–Trinajstić information content (AvgIpc) is 2.89. The summed E-state index contributed by atoms with van der Waals surface area (Å²) in [6, 6.07) is 14.5. The highest BCUT2D eigenvalue weighted by atomic mass is 32.2. The second kappa shape index (κ2) is 13.2. The van der Waals surface area contributed by atoms with E-state index < -0.39 is 27.9 Å². The van der Waals surface area contributed by atoms with Crippen molar-refractivity contribution in [3.63, 3.8) is 0 Å². The van der Waals surface area contributed by atoms with Gasteiger partial charge in [0.15, 0.2) is 11.5 Å². The fourth-order valence-electron chi connectivity index (χ4n) is 4.24. The summed E-state index contributed by atoms with van der Waals surface area (Å²) >= 11 is 0. The topological polar surface area (TPSA) is 117 Å². The molecule has 0 bridgehead atoms. The van der Waals surface area contributed by atoms with E-state index in [9.17, 15) is 31.8 Å². The van der Waals surface area contributed by atoms with Crippen LogP contribution in [0.1, 0.15) is 34.7 Å². The first-order valence-electron chi connectivity index (χ1n) is 12.4. The Balaban J connectivity index is 1.74. The smallest absolute Gasteiger partial charge is 0.416 e. The van der Waals surface area contributed by atoms with E-state index in [0.717, 1.165) is 29.5 Å². The SMILES string of the molecule is COc1ccc(C(CCc2ccc(C(F)(F)F)cc2)NCC(O)Cc2ccc(O)c(NS(C)(=O)=O)c2)cc1OC. The molecule has 0 aromatic heterocycles. The number of anilines is 1. The van der Waals surface area contributed by atoms with Gasteiger partial charge in [0.1, 0.15) is 5.75 Å². The number of hydrogen-bond acceptors (Lipinski definition) is 7. The molecule has 0 heterocycles. The number of rotatable bonds is 13. The summed E-state index contributed by atoms with van der Waals surface area (Å²) in [5, 5.41) is 24.0. The number of aliphatic hydroxyl groups is 1. The molecule has 0 aliphatic rings. The minimum absolute atomic E-state index is 0.0138. The number of methoxy groups -OCH3 is 2. The molecule has 0 fully saturated rings. The van der Waals surface area contributed by atoms with Gasteiger partial charge in [-0.1, -0.05) is 24.3 Å². The summed E-state index contributed by atoms with van der Waals surface area (Å²) in [5.41, 5.74) is 1.47. The van der Waals surface area contributed by atoms with Crippen molar-refractivity contribution in [2.75, 3.05) is 31.7 Å². The van der Waals surface area contributed by atoms with Gasteiger partial charge >= 0.3 is 6.18 Å². The molecule has 0 aliphatic heterocycles. The summed E-state index contributed by atoms with van der Waals surface area (Å²) in [5.74, 6) is 0.814. The lowest BCUT2D eigenvalue weighted by Gasteiger charge is -2.23. The summed E-state index contributed by atoms with van der Waals surface area (Å²) < 4.78 is 74.9. The summed E-state index contributed by atoms with van der Waals surface area (Å²) in [4.78, 5) is 0. The predicted molar refractivity (Wildman–Crippen MR) is 146 cm³/mol. The molecule has 3 aromatic carbocycles. The van der Waals surface area contributed by atoms with E-state index in [2.05, 4.69) is 10.0 Å². The van der Waals surface area contributed by atoms with Crippen LogP contribution in [0, 0.1) is 0 Å². The molecule has 4 N–H and O–H groups in total. The third-order valence-electron chi connectivity index (χ3n) is 6.24. The number of aliphatic hydroxyl groups excluding tert-OH is 1. The molecule has 8 nitrogen and oxygen atoms in total. The molecule has 2 atom stereocenters. The molecule has 0 spiro atoms. The van der Waals surface area contributed by atoms with Crippen molar-refractivity contribution in [3.05, 3.63) is 82.9 Å². The van der Waals surface area contributed by atoms with Crippen LogP contribution < -0.4 is 19.5 Å². The number of aryl methyl sites for hydroxylation is 1. The molecule has 0 saturated carbocycles. The van der Waals surface area contributed by atoms with Crippen molar-refractivity contribution in [2.45, 2.75) is 37.6 Å². The lowest BCUT2D eigenvalue weighted by Crippen LogP contribution is -2.32. The molecular weight excluding hydrogens is 549 g/mol. The zero-order chi connectivity index (χ0) is 29.5. The van der Waals surface area contributed by atoms with Gasteiger partial charge in [-0.2, -0.15) is 13.2 Å². The highest BCUT2D eigenvalue weighted by molar-refractivity contribution is 7.92. The Kier molecular flexibility index (Phi) is 10.3. The normalized spacial score (nSPS) is 13.5. The maximum absolute atomic E-state index is 12.9. The van der Waals surface area contributed by atoms with E-state index in [-0.39, 0.29) is 30.4 Å². The third-order valence-corrected chi connectivity index (χ3v) is 6.83. The molecule has 3 aromatic rings. The number of aromatic hydroxyl groups is 1. The maximum Gasteiger partial charge on any atom is 0.416 e. The molecule has 0 amide bonds. The van der Waals surface area contributed by atoms with E-state index in [1.165, 1.54) is 38.5 Å². The number of phenolic OH excluding ortho intramolecular Hbond substituents is 1. The van der Waals surface area contributed by atoms with Crippen LogP contribution >= 0.6 is 0 Å². The van der Waals surface area contributed by atoms with Crippen LogP contribution in [0.3, 0.4) is 0 Å². The van der Waals surface area contributed by atoms with Crippen molar-refractivity contribution in [2.24, 2.45) is 0 Å². The largest absolute Gasteiger partial charge is 0.506 e. The highest BCUT2D eigenvalue weighted by Gasteiger charge is 2.30. The molecule has 0 aliphatic carbocycles. The average molecular weight is 583 g/mol. The Morgan fingerprint density at radius 3 is 2.17 bits per heavy atom. The van der Waals surface area contributed by atoms with Crippen molar-refractivity contribution in [3.8, 4) is 17.2 Å². The number of alkyl halides is 3. The molecule has 2 unspecified atom stereocenters. The van der Waals surface area contributed by atoms with Crippen molar-refractivity contribution in [1.82, 2.24) is 5.32 Å². The second-order valence-electron chi connectivity index (χ2n) is 9.39. The van der Waals surface area contributed by atoms with Crippen LogP contribution in [-0.2, 0) is 29.0 Å². The fourth-order valence-corrected chi connectivity index (χ4v) is 4.80. The molecule has 40 heavy (non-hydrogen) atoms. The monoisotopic (exact) mass is 582 g/mol. The van der Waals surface area contributed by atoms with Gasteiger partial charge in [-0.25, -0.2) is 8.42 Å². The van der Waals surface area contributed by atoms with Crippen LogP contribution in [0.15, 0.2) is 60.7 Å². The van der Waals surface area contributed by atoms with Gasteiger partial charge < -0.3 is 25.0 Å². The van der Waals surface area contributed by atoms with E-state index in [4.69, 9.17) is 9.47 Å². The molecule has 12 heteroatoms. The minimum atomic E-state index is -4.41. The van der Waals surface area contributed by atoms with Gasteiger partial charge in [-0.05, 0) is 72.4 Å². The number of benzene rings is 3. The summed E-state index contributed by atoms with van der Waals surface area (Å²) in [7, 11) is -0.570. The maximum atomic E-state index is 12.9. The van der Waals surface area contributed by atoms with Crippen molar-refractivity contribution in [1.29, 1.82) is 0 Å². The van der Waals surface area contributed by atoms with Gasteiger partial charge in [-0.3, -0.25) is 4.72 Å². The minimum Gasteiger partial charge on any atom is -0.506 e. The number of ether oxygens (including phenoxy) is 2. The molecule has 3 rings (SSSR count). The molecule has 0 radical (unpaired) electrons. The van der Waals surface area contributed by atoms with Crippen LogP contribution in [0.5, 0.6) is 17.2 Å². The van der Waals surface area contributed by atoms with E-state index in [1.54, 1.807) is 18.2 Å². The predicted octanol–water partition coefficient (Wildman–Crippen LogP) is 4.67. The number of nitrogens with one attached hydrogen (secondary N) is 2. The van der Waals surface area contributed by atoms with Crippen LogP contribution in [-0.4, -0.2) is 51.8 Å². The Morgan fingerprint density at radius 2 is 1.57 bits per heavy atom. The van der Waals surface area contributed by atoms with E-state index in [1.807, 2.05) is 6.07 Å². The standard InChI is InChI=1S/C28H33F3N2O6S/c1-38-26-13-8-20(16-27(26)39-2)23(11-6-18-4-9-21(10-5-18)28(29,30)31)32-17-22(34)14-19-7-12-25(35)24(15-19)33-40(3,36)37/h4-5,7-10,12-13,15-16,22-23,32-35H,6,11,14,17H2,1-3H3. The first-order valence-corrected chi connectivity index (χ1v) is 14.3. The lowest BCUT2D eigenvalue weighted by molar-refractivity contribution is -0.137. The fraction of sp³-hybridized carbons (Fsp3) is 0.357. The quantitative estimate of drug-likeness (QED) is 0.217. The van der Waals surface area contributed by atoms with E-state index in [0.29, 0.717) is 29.9 Å². The van der Waals surface area contributed by atoms with Crippen LogP contribution in [0.2, 0.25) is 0 Å². The third kappa shape index (κ3) is 9.04.